The van der Waals surface area contributed by atoms with E-state index in [1.165, 1.54) is 23.1 Å². The normalized spacial score (nSPS) is 17.8. The Bertz CT molecular complexity index is 837. The molecule has 25 heavy (non-hydrogen) atoms. The fourth-order valence-corrected chi connectivity index (χ4v) is 4.13. The number of carbonyl (C=O) groups excluding carboxylic acids is 1. The van der Waals surface area contributed by atoms with Crippen LogP contribution in [0.4, 0.5) is 10.8 Å². The summed E-state index contributed by atoms with van der Waals surface area (Å²) in [6, 6.07) is 8.13. The van der Waals surface area contributed by atoms with Crippen molar-refractivity contribution in [1.82, 2.24) is 9.88 Å². The average Bonchev–Trinajstić information content (AvgIpc) is 3.12. The molecule has 1 aromatic carbocycles. The van der Waals surface area contributed by atoms with Crippen LogP contribution in [-0.4, -0.2) is 41.6 Å². The second kappa shape index (κ2) is 7.41. The lowest BCUT2D eigenvalue weighted by atomic mass is 10.2. The van der Waals surface area contributed by atoms with Gasteiger partial charge in [0, 0.05) is 31.7 Å². The number of amides is 1. The number of anilines is 1. The van der Waals surface area contributed by atoms with Gasteiger partial charge in [0.25, 0.3) is 5.91 Å². The molecule has 3 rings (SSSR count). The van der Waals surface area contributed by atoms with Crippen LogP contribution in [0.3, 0.4) is 0 Å². The first-order chi connectivity index (χ1) is 12.0. The first kappa shape index (κ1) is 17.7. The van der Waals surface area contributed by atoms with E-state index in [1.54, 1.807) is 4.90 Å². The maximum absolute atomic E-state index is 12.7. The number of amidine groups is 1. The van der Waals surface area contributed by atoms with Crippen molar-refractivity contribution in [1.29, 1.82) is 0 Å². The highest BCUT2D eigenvalue weighted by Crippen LogP contribution is 2.34. The van der Waals surface area contributed by atoms with Gasteiger partial charge in [-0.15, -0.1) is 11.3 Å². The van der Waals surface area contributed by atoms with E-state index < -0.39 is 0 Å². The van der Waals surface area contributed by atoms with Gasteiger partial charge in [-0.25, -0.2) is 4.98 Å². The number of nitrogens with zero attached hydrogens (tertiary/aromatic N) is 4. The van der Waals surface area contributed by atoms with Crippen molar-refractivity contribution < 1.29 is 4.79 Å². The van der Waals surface area contributed by atoms with Crippen LogP contribution in [0.15, 0.2) is 39.5 Å². The topological polar surface area (TPSA) is 48.8 Å². The van der Waals surface area contributed by atoms with Gasteiger partial charge in [-0.1, -0.05) is 12.1 Å². The van der Waals surface area contributed by atoms with Crippen LogP contribution in [0.25, 0.3) is 6.08 Å². The van der Waals surface area contributed by atoms with Gasteiger partial charge >= 0.3 is 0 Å². The number of hydrogen-bond donors (Lipinski definition) is 0. The van der Waals surface area contributed by atoms with E-state index in [2.05, 4.69) is 9.98 Å². The van der Waals surface area contributed by atoms with Crippen LogP contribution in [0.2, 0.25) is 0 Å². The summed E-state index contributed by atoms with van der Waals surface area (Å²) >= 11 is 2.89. The molecule has 2 aromatic rings. The summed E-state index contributed by atoms with van der Waals surface area (Å²) in [6.45, 7) is 4.48. The number of thioether (sulfide) groups is 1. The van der Waals surface area contributed by atoms with Crippen LogP contribution in [0.1, 0.15) is 18.2 Å². The summed E-state index contributed by atoms with van der Waals surface area (Å²) < 4.78 is 0. The fraction of sp³-hybridized carbons (Fsp3) is 0.278. The van der Waals surface area contributed by atoms with Crippen LogP contribution < -0.4 is 4.90 Å². The van der Waals surface area contributed by atoms with Gasteiger partial charge in [-0.2, -0.15) is 4.99 Å². The van der Waals surface area contributed by atoms with Gasteiger partial charge in [-0.3, -0.25) is 9.69 Å². The van der Waals surface area contributed by atoms with E-state index in [0.29, 0.717) is 21.7 Å². The zero-order valence-corrected chi connectivity index (χ0v) is 16.3. The number of aryl methyl sites for hydroxylation is 1. The van der Waals surface area contributed by atoms with E-state index in [-0.39, 0.29) is 5.91 Å². The van der Waals surface area contributed by atoms with Crippen molar-refractivity contribution in [2.24, 2.45) is 4.99 Å². The van der Waals surface area contributed by atoms with Crippen molar-refractivity contribution in [2.75, 3.05) is 25.5 Å². The SMILES string of the molecule is CCN1C(=O)/C(=C/c2ccc(N(C)C)cc2)S/C1=N/c1nc(C)cs1. The molecule has 1 aliphatic rings. The molecule has 130 valence electrons. The molecular weight excluding hydrogens is 352 g/mol. The number of carbonyl (C=O) groups is 1. The quantitative estimate of drug-likeness (QED) is 0.757. The van der Waals surface area contributed by atoms with Gasteiger partial charge < -0.3 is 4.90 Å². The molecule has 1 fully saturated rings. The van der Waals surface area contributed by atoms with Gasteiger partial charge in [0.2, 0.25) is 5.13 Å². The molecule has 7 heteroatoms. The number of aliphatic imine (C=N–C) groups is 1. The first-order valence-electron chi connectivity index (χ1n) is 7.97. The van der Waals surface area contributed by atoms with Crippen LogP contribution >= 0.6 is 23.1 Å². The lowest BCUT2D eigenvalue weighted by molar-refractivity contribution is -0.122. The van der Waals surface area contributed by atoms with Gasteiger partial charge in [0.15, 0.2) is 5.17 Å². The highest BCUT2D eigenvalue weighted by atomic mass is 32.2. The summed E-state index contributed by atoms with van der Waals surface area (Å²) in [5, 5.41) is 3.33. The van der Waals surface area contributed by atoms with Crippen LogP contribution in [0.5, 0.6) is 0 Å². The minimum absolute atomic E-state index is 0.00351. The highest BCUT2D eigenvalue weighted by molar-refractivity contribution is 8.18. The molecule has 1 amide bonds. The minimum Gasteiger partial charge on any atom is -0.378 e. The average molecular weight is 373 g/mol. The van der Waals surface area contributed by atoms with Gasteiger partial charge in [0.05, 0.1) is 10.6 Å². The number of hydrogen-bond acceptors (Lipinski definition) is 6. The van der Waals surface area contributed by atoms with Crippen molar-refractivity contribution in [3.8, 4) is 0 Å². The molecule has 1 saturated heterocycles. The number of likely N-dealkylation sites (N-methyl/N-ethyl adjacent to an activating group) is 1. The summed E-state index contributed by atoms with van der Waals surface area (Å²) in [6.07, 6.45) is 1.92. The van der Waals surface area contributed by atoms with E-state index in [1.807, 2.05) is 68.6 Å². The monoisotopic (exact) mass is 372 g/mol. The Labute approximate surface area is 156 Å². The molecule has 0 spiro atoms. The molecule has 1 aliphatic heterocycles. The van der Waals surface area contributed by atoms with Crippen molar-refractivity contribution >= 4 is 51.1 Å². The molecule has 5 nitrogen and oxygen atoms in total. The molecule has 0 radical (unpaired) electrons. The summed E-state index contributed by atoms with van der Waals surface area (Å²) in [5.74, 6) is -0.00351. The largest absolute Gasteiger partial charge is 0.378 e. The second-order valence-electron chi connectivity index (χ2n) is 5.81. The third kappa shape index (κ3) is 3.93. The molecule has 0 aliphatic carbocycles. The maximum atomic E-state index is 12.7. The van der Waals surface area contributed by atoms with E-state index in [9.17, 15) is 4.79 Å². The molecule has 0 saturated carbocycles. The van der Waals surface area contributed by atoms with Crippen molar-refractivity contribution in [3.05, 3.63) is 45.8 Å². The summed E-state index contributed by atoms with van der Waals surface area (Å²) in [5.41, 5.74) is 3.08. The zero-order valence-electron chi connectivity index (χ0n) is 14.7. The molecule has 1 aromatic heterocycles. The Hall–Kier alpha value is -2.12. The lowest BCUT2D eigenvalue weighted by Gasteiger charge is -2.12. The smallest absolute Gasteiger partial charge is 0.266 e. The van der Waals surface area contributed by atoms with Crippen LogP contribution in [-0.2, 0) is 4.79 Å². The Kier molecular flexibility index (Phi) is 5.24. The standard InChI is InChI=1S/C18H20N4OS2/c1-5-22-16(23)15(10-13-6-8-14(9-7-13)21(3)4)25-18(22)20-17-19-12(2)11-24-17/h6-11H,5H2,1-4H3/b15-10-,20-18+. The van der Waals surface area contributed by atoms with Gasteiger partial charge in [-0.05, 0) is 49.4 Å². The number of benzene rings is 1. The van der Waals surface area contributed by atoms with Crippen molar-refractivity contribution in [3.63, 3.8) is 0 Å². The lowest BCUT2D eigenvalue weighted by Crippen LogP contribution is -2.28. The van der Waals surface area contributed by atoms with Crippen molar-refractivity contribution in [2.45, 2.75) is 13.8 Å². The van der Waals surface area contributed by atoms with Gasteiger partial charge in [0.1, 0.15) is 0 Å². The third-order valence-electron chi connectivity index (χ3n) is 3.71. The molecule has 0 unspecified atom stereocenters. The maximum Gasteiger partial charge on any atom is 0.266 e. The highest BCUT2D eigenvalue weighted by Gasteiger charge is 2.32. The fourth-order valence-electron chi connectivity index (χ4n) is 2.37. The predicted molar refractivity (Wildman–Crippen MR) is 108 cm³/mol. The Morgan fingerprint density at radius 3 is 2.56 bits per heavy atom. The van der Waals surface area contributed by atoms with E-state index in [4.69, 9.17) is 0 Å². The molecule has 0 bridgehead atoms. The molecule has 0 N–H and O–H groups in total. The predicted octanol–water partition coefficient (Wildman–Crippen LogP) is 4.14. The first-order valence-corrected chi connectivity index (χ1v) is 9.67. The Morgan fingerprint density at radius 1 is 1.28 bits per heavy atom. The van der Waals surface area contributed by atoms with Crippen LogP contribution in [0, 0.1) is 6.92 Å². The minimum atomic E-state index is -0.00351. The van der Waals surface area contributed by atoms with E-state index >= 15 is 0 Å². The second-order valence-corrected chi connectivity index (χ2v) is 7.66. The third-order valence-corrected chi connectivity index (χ3v) is 5.57. The molecule has 0 atom stereocenters. The Morgan fingerprint density at radius 2 is 2.00 bits per heavy atom. The number of rotatable bonds is 4. The zero-order chi connectivity index (χ0) is 18.0. The van der Waals surface area contributed by atoms with E-state index in [0.717, 1.165) is 16.9 Å². The summed E-state index contributed by atoms with van der Waals surface area (Å²) in [4.78, 5) is 26.0. The molecule has 2 heterocycles. The number of aromatic nitrogens is 1. The Balaban J connectivity index is 1.87. The summed E-state index contributed by atoms with van der Waals surface area (Å²) in [7, 11) is 4.01. The number of thiazole rings is 1. The molecular formula is C18H20N4OS2.